The third-order valence-electron chi connectivity index (χ3n) is 1.79. The SMILES string of the molecule is CCCS(=O)(=O)N(C)CC(=O)N(C)C. The van der Waals surface area contributed by atoms with E-state index < -0.39 is 10.0 Å². The summed E-state index contributed by atoms with van der Waals surface area (Å²) >= 11 is 0. The third kappa shape index (κ3) is 4.06. The van der Waals surface area contributed by atoms with Crippen LogP contribution in [0.1, 0.15) is 13.3 Å². The highest BCUT2D eigenvalue weighted by molar-refractivity contribution is 7.89. The number of likely N-dealkylation sites (N-methyl/N-ethyl adjacent to an activating group) is 2. The minimum absolute atomic E-state index is 0.0875. The van der Waals surface area contributed by atoms with Crippen molar-refractivity contribution in [2.75, 3.05) is 33.4 Å². The topological polar surface area (TPSA) is 57.7 Å². The molecular weight excluding hydrogens is 204 g/mol. The second-order valence-corrected chi connectivity index (χ2v) is 5.56. The van der Waals surface area contributed by atoms with Crippen LogP contribution in [-0.4, -0.2) is 57.0 Å². The van der Waals surface area contributed by atoms with Crippen LogP contribution in [0.2, 0.25) is 0 Å². The van der Waals surface area contributed by atoms with E-state index in [1.807, 2.05) is 0 Å². The number of carbonyl (C=O) groups excluding carboxylic acids is 1. The molecular formula is C8H18N2O3S. The molecule has 6 heteroatoms. The Morgan fingerprint density at radius 1 is 1.21 bits per heavy atom. The third-order valence-corrected chi connectivity index (χ3v) is 3.80. The molecule has 0 N–H and O–H groups in total. The van der Waals surface area contributed by atoms with Gasteiger partial charge in [0.15, 0.2) is 0 Å². The number of rotatable bonds is 5. The van der Waals surface area contributed by atoms with Gasteiger partial charge in [-0.05, 0) is 6.42 Å². The van der Waals surface area contributed by atoms with Crippen molar-refractivity contribution in [3.8, 4) is 0 Å². The summed E-state index contributed by atoms with van der Waals surface area (Å²) in [5.41, 5.74) is 0. The lowest BCUT2D eigenvalue weighted by Gasteiger charge is -2.18. The highest BCUT2D eigenvalue weighted by Gasteiger charge is 2.19. The van der Waals surface area contributed by atoms with Gasteiger partial charge in [-0.1, -0.05) is 6.92 Å². The van der Waals surface area contributed by atoms with Crippen LogP contribution < -0.4 is 0 Å². The zero-order valence-electron chi connectivity index (χ0n) is 9.15. The average molecular weight is 222 g/mol. The molecule has 5 nitrogen and oxygen atoms in total. The quantitative estimate of drug-likeness (QED) is 0.644. The summed E-state index contributed by atoms with van der Waals surface area (Å²) in [7, 11) is 1.37. The van der Waals surface area contributed by atoms with Crippen molar-refractivity contribution in [1.29, 1.82) is 0 Å². The van der Waals surface area contributed by atoms with E-state index in [-0.39, 0.29) is 18.2 Å². The molecule has 0 rings (SSSR count). The van der Waals surface area contributed by atoms with Gasteiger partial charge in [0.25, 0.3) is 0 Å². The van der Waals surface area contributed by atoms with Gasteiger partial charge in [-0.25, -0.2) is 8.42 Å². The van der Waals surface area contributed by atoms with Crippen LogP contribution in [0.25, 0.3) is 0 Å². The van der Waals surface area contributed by atoms with Gasteiger partial charge in [0.05, 0.1) is 12.3 Å². The van der Waals surface area contributed by atoms with Crippen molar-refractivity contribution in [2.24, 2.45) is 0 Å². The molecule has 0 spiro atoms. The van der Waals surface area contributed by atoms with E-state index in [2.05, 4.69) is 0 Å². The maximum absolute atomic E-state index is 11.4. The Labute approximate surface area is 85.7 Å². The summed E-state index contributed by atoms with van der Waals surface area (Å²) < 4.78 is 24.0. The average Bonchev–Trinajstić information content (AvgIpc) is 2.03. The number of hydrogen-bond acceptors (Lipinski definition) is 3. The number of hydrogen-bond donors (Lipinski definition) is 0. The Morgan fingerprint density at radius 3 is 2.07 bits per heavy atom. The smallest absolute Gasteiger partial charge is 0.237 e. The van der Waals surface area contributed by atoms with Gasteiger partial charge in [0.2, 0.25) is 15.9 Å². The summed E-state index contributed by atoms with van der Waals surface area (Å²) in [4.78, 5) is 12.6. The number of carbonyl (C=O) groups is 1. The first-order valence-corrected chi connectivity index (χ1v) is 6.06. The fourth-order valence-electron chi connectivity index (χ4n) is 0.844. The van der Waals surface area contributed by atoms with Crippen LogP contribution in [0.15, 0.2) is 0 Å². The summed E-state index contributed by atoms with van der Waals surface area (Å²) in [5, 5.41) is 0. The van der Waals surface area contributed by atoms with Gasteiger partial charge < -0.3 is 4.90 Å². The van der Waals surface area contributed by atoms with E-state index in [9.17, 15) is 13.2 Å². The van der Waals surface area contributed by atoms with E-state index in [4.69, 9.17) is 0 Å². The zero-order chi connectivity index (χ0) is 11.4. The molecule has 0 aliphatic heterocycles. The minimum atomic E-state index is -3.25. The van der Waals surface area contributed by atoms with Crippen LogP contribution in [0.3, 0.4) is 0 Å². The maximum Gasteiger partial charge on any atom is 0.237 e. The number of amides is 1. The summed E-state index contributed by atoms with van der Waals surface area (Å²) in [6, 6.07) is 0. The van der Waals surface area contributed by atoms with Crippen LogP contribution >= 0.6 is 0 Å². The predicted molar refractivity (Wildman–Crippen MR) is 55.4 cm³/mol. The first kappa shape index (κ1) is 13.4. The molecule has 0 heterocycles. The Kier molecular flexibility index (Phi) is 5.07. The van der Waals surface area contributed by atoms with Crippen LogP contribution in [0, 0.1) is 0 Å². The molecule has 0 aromatic heterocycles. The fraction of sp³-hybridized carbons (Fsp3) is 0.875. The van der Waals surface area contributed by atoms with Crippen molar-refractivity contribution in [2.45, 2.75) is 13.3 Å². The van der Waals surface area contributed by atoms with Gasteiger partial charge >= 0.3 is 0 Å². The monoisotopic (exact) mass is 222 g/mol. The Bertz CT molecular complexity index is 285. The van der Waals surface area contributed by atoms with Gasteiger partial charge in [-0.15, -0.1) is 0 Å². The first-order chi connectivity index (χ1) is 6.31. The van der Waals surface area contributed by atoms with E-state index in [0.29, 0.717) is 6.42 Å². The lowest BCUT2D eigenvalue weighted by Crippen LogP contribution is -2.38. The van der Waals surface area contributed by atoms with Crippen molar-refractivity contribution in [3.05, 3.63) is 0 Å². The van der Waals surface area contributed by atoms with Crippen LogP contribution in [0.5, 0.6) is 0 Å². The molecule has 0 fully saturated rings. The highest BCUT2D eigenvalue weighted by Crippen LogP contribution is 2.00. The molecule has 0 unspecified atom stereocenters. The van der Waals surface area contributed by atoms with Crippen LogP contribution in [-0.2, 0) is 14.8 Å². The molecule has 0 aromatic rings. The van der Waals surface area contributed by atoms with E-state index in [1.54, 1.807) is 21.0 Å². The molecule has 0 bridgehead atoms. The molecule has 0 radical (unpaired) electrons. The minimum Gasteiger partial charge on any atom is -0.348 e. The number of nitrogens with zero attached hydrogens (tertiary/aromatic N) is 2. The van der Waals surface area contributed by atoms with Gasteiger partial charge in [0, 0.05) is 21.1 Å². The second-order valence-electron chi connectivity index (χ2n) is 3.36. The van der Waals surface area contributed by atoms with Crippen molar-refractivity contribution in [1.82, 2.24) is 9.21 Å². The van der Waals surface area contributed by atoms with E-state index in [1.165, 1.54) is 11.9 Å². The molecule has 0 aliphatic carbocycles. The molecule has 14 heavy (non-hydrogen) atoms. The van der Waals surface area contributed by atoms with Gasteiger partial charge in [0.1, 0.15) is 0 Å². The Hall–Kier alpha value is -0.620. The van der Waals surface area contributed by atoms with Crippen molar-refractivity contribution >= 4 is 15.9 Å². The zero-order valence-corrected chi connectivity index (χ0v) is 9.97. The lowest BCUT2D eigenvalue weighted by molar-refractivity contribution is -0.128. The summed E-state index contributed by atoms with van der Waals surface area (Å²) in [6.07, 6.45) is 0.558. The van der Waals surface area contributed by atoms with E-state index >= 15 is 0 Å². The molecule has 0 atom stereocenters. The fourth-order valence-corrected chi connectivity index (χ4v) is 1.98. The van der Waals surface area contributed by atoms with E-state index in [0.717, 1.165) is 4.31 Å². The normalized spacial score (nSPS) is 11.8. The van der Waals surface area contributed by atoms with Crippen LogP contribution in [0.4, 0.5) is 0 Å². The summed E-state index contributed by atoms with van der Waals surface area (Å²) in [5.74, 6) is -0.128. The van der Waals surface area contributed by atoms with Crippen molar-refractivity contribution < 1.29 is 13.2 Å². The molecule has 84 valence electrons. The summed E-state index contributed by atoms with van der Waals surface area (Å²) in [6.45, 7) is 1.70. The Balaban J connectivity index is 4.35. The lowest BCUT2D eigenvalue weighted by atomic mass is 10.5. The molecule has 0 aromatic carbocycles. The molecule has 1 amide bonds. The standard InChI is InChI=1S/C8H18N2O3S/c1-5-6-14(12,13)10(4)7-8(11)9(2)3/h5-7H2,1-4H3. The Morgan fingerprint density at radius 2 is 1.71 bits per heavy atom. The first-order valence-electron chi connectivity index (χ1n) is 4.45. The molecule has 0 saturated carbocycles. The molecule has 0 aliphatic rings. The highest BCUT2D eigenvalue weighted by atomic mass is 32.2. The second kappa shape index (κ2) is 5.31. The largest absolute Gasteiger partial charge is 0.348 e. The van der Waals surface area contributed by atoms with Crippen molar-refractivity contribution in [3.63, 3.8) is 0 Å². The van der Waals surface area contributed by atoms with Gasteiger partial charge in [-0.2, -0.15) is 4.31 Å². The molecule has 0 saturated heterocycles. The predicted octanol–water partition coefficient (Wildman–Crippen LogP) is -0.254. The maximum atomic E-state index is 11.4. The van der Waals surface area contributed by atoms with Gasteiger partial charge in [-0.3, -0.25) is 4.79 Å². The number of sulfonamides is 1.